The summed E-state index contributed by atoms with van der Waals surface area (Å²) in [7, 11) is 3.11. The van der Waals surface area contributed by atoms with Crippen molar-refractivity contribution in [2.75, 3.05) is 19.5 Å². The Morgan fingerprint density at radius 3 is 2.39 bits per heavy atom. The van der Waals surface area contributed by atoms with Gasteiger partial charge >= 0.3 is 0 Å². The molecule has 0 spiro atoms. The molecule has 0 radical (unpaired) electrons. The number of methoxy groups -OCH3 is 2. The number of aromatic nitrogens is 3. The Balaban J connectivity index is 2.11. The SMILES string of the molecule is COc1cc(OC)nc(NCc2scnc2C)n1. The van der Waals surface area contributed by atoms with Crippen molar-refractivity contribution >= 4 is 17.3 Å². The first-order chi connectivity index (χ1) is 8.72. The molecule has 0 aliphatic carbocycles. The maximum atomic E-state index is 5.08. The zero-order valence-electron chi connectivity index (χ0n) is 10.4. The highest BCUT2D eigenvalue weighted by Crippen LogP contribution is 2.19. The Morgan fingerprint density at radius 1 is 1.22 bits per heavy atom. The van der Waals surface area contributed by atoms with Crippen molar-refractivity contribution in [1.29, 1.82) is 0 Å². The zero-order valence-corrected chi connectivity index (χ0v) is 11.2. The van der Waals surface area contributed by atoms with Gasteiger partial charge in [-0.1, -0.05) is 0 Å². The van der Waals surface area contributed by atoms with E-state index >= 15 is 0 Å². The smallest absolute Gasteiger partial charge is 0.229 e. The molecule has 0 saturated heterocycles. The van der Waals surface area contributed by atoms with E-state index in [1.165, 1.54) is 0 Å². The third-order valence-corrected chi connectivity index (χ3v) is 3.28. The summed E-state index contributed by atoms with van der Waals surface area (Å²) >= 11 is 1.60. The van der Waals surface area contributed by atoms with Crippen LogP contribution in [0.2, 0.25) is 0 Å². The van der Waals surface area contributed by atoms with Crippen molar-refractivity contribution in [3.8, 4) is 11.8 Å². The van der Waals surface area contributed by atoms with E-state index in [2.05, 4.69) is 20.3 Å². The molecule has 2 rings (SSSR count). The lowest BCUT2D eigenvalue weighted by atomic mass is 10.4. The second kappa shape index (κ2) is 5.63. The van der Waals surface area contributed by atoms with Gasteiger partial charge in [0.2, 0.25) is 17.7 Å². The number of hydrogen-bond donors (Lipinski definition) is 1. The first-order valence-corrected chi connectivity index (χ1v) is 6.20. The number of nitrogens with zero attached hydrogens (tertiary/aromatic N) is 3. The molecule has 2 heterocycles. The molecule has 0 unspecified atom stereocenters. The predicted molar refractivity (Wildman–Crippen MR) is 69.3 cm³/mol. The summed E-state index contributed by atoms with van der Waals surface area (Å²) in [4.78, 5) is 13.7. The topological polar surface area (TPSA) is 69.2 Å². The highest BCUT2D eigenvalue weighted by molar-refractivity contribution is 7.09. The van der Waals surface area contributed by atoms with Crippen LogP contribution in [-0.2, 0) is 6.54 Å². The van der Waals surface area contributed by atoms with Crippen molar-refractivity contribution in [3.05, 3.63) is 22.1 Å². The minimum absolute atomic E-state index is 0.463. The van der Waals surface area contributed by atoms with Crippen LogP contribution in [0, 0.1) is 6.92 Å². The highest BCUT2D eigenvalue weighted by atomic mass is 32.1. The first kappa shape index (κ1) is 12.6. The van der Waals surface area contributed by atoms with Gasteiger partial charge in [-0.25, -0.2) is 4.98 Å². The van der Waals surface area contributed by atoms with Gasteiger partial charge in [-0.2, -0.15) is 9.97 Å². The summed E-state index contributed by atoms with van der Waals surface area (Å²) in [5.41, 5.74) is 2.83. The van der Waals surface area contributed by atoms with Gasteiger partial charge < -0.3 is 14.8 Å². The fourth-order valence-electron chi connectivity index (χ4n) is 1.35. The number of anilines is 1. The van der Waals surface area contributed by atoms with Crippen LogP contribution in [-0.4, -0.2) is 29.2 Å². The Bertz CT molecular complexity index is 507. The Kier molecular flexibility index (Phi) is 3.93. The molecular formula is C11H14N4O2S. The van der Waals surface area contributed by atoms with Gasteiger partial charge in [0.15, 0.2) is 0 Å². The Labute approximate surface area is 109 Å². The van der Waals surface area contributed by atoms with Gasteiger partial charge in [0.25, 0.3) is 0 Å². The van der Waals surface area contributed by atoms with Gasteiger partial charge in [0.1, 0.15) is 0 Å². The van der Waals surface area contributed by atoms with Gasteiger partial charge in [-0.3, -0.25) is 0 Å². The molecule has 0 aromatic carbocycles. The normalized spacial score (nSPS) is 10.2. The summed E-state index contributed by atoms with van der Waals surface area (Å²) < 4.78 is 10.2. The number of ether oxygens (including phenoxy) is 2. The van der Waals surface area contributed by atoms with E-state index in [0.717, 1.165) is 10.6 Å². The molecule has 18 heavy (non-hydrogen) atoms. The largest absolute Gasteiger partial charge is 0.481 e. The van der Waals surface area contributed by atoms with Crippen LogP contribution >= 0.6 is 11.3 Å². The molecule has 6 nitrogen and oxygen atoms in total. The third kappa shape index (κ3) is 2.86. The molecular weight excluding hydrogens is 252 g/mol. The molecule has 2 aromatic heterocycles. The average Bonchev–Trinajstić information content (AvgIpc) is 2.81. The van der Waals surface area contributed by atoms with Crippen molar-refractivity contribution in [1.82, 2.24) is 15.0 Å². The molecule has 1 N–H and O–H groups in total. The lowest BCUT2D eigenvalue weighted by Crippen LogP contribution is -2.05. The lowest BCUT2D eigenvalue weighted by molar-refractivity contribution is 0.373. The quantitative estimate of drug-likeness (QED) is 0.891. The number of aryl methyl sites for hydroxylation is 1. The van der Waals surface area contributed by atoms with Gasteiger partial charge in [0.05, 0.1) is 38.0 Å². The molecule has 0 aliphatic heterocycles. The minimum atomic E-state index is 0.463. The molecule has 0 atom stereocenters. The maximum absolute atomic E-state index is 5.08. The van der Waals surface area contributed by atoms with Crippen LogP contribution in [0.1, 0.15) is 10.6 Å². The third-order valence-electron chi connectivity index (χ3n) is 2.35. The number of thiazole rings is 1. The maximum Gasteiger partial charge on any atom is 0.229 e. The average molecular weight is 266 g/mol. The van der Waals surface area contributed by atoms with Gasteiger partial charge in [-0.15, -0.1) is 11.3 Å². The van der Waals surface area contributed by atoms with E-state index in [4.69, 9.17) is 9.47 Å². The van der Waals surface area contributed by atoms with Crippen molar-refractivity contribution < 1.29 is 9.47 Å². The standard InChI is InChI=1S/C11H14N4O2S/c1-7-8(18-6-13-7)5-12-11-14-9(16-2)4-10(15-11)17-3/h4,6H,5H2,1-3H3,(H,12,14,15). The Morgan fingerprint density at radius 2 is 1.89 bits per heavy atom. The number of rotatable bonds is 5. The summed E-state index contributed by atoms with van der Waals surface area (Å²) in [6.45, 7) is 2.60. The van der Waals surface area contributed by atoms with E-state index in [1.807, 2.05) is 12.4 Å². The Hall–Kier alpha value is -1.89. The molecule has 0 amide bonds. The van der Waals surface area contributed by atoms with Crippen LogP contribution in [0.3, 0.4) is 0 Å². The van der Waals surface area contributed by atoms with E-state index in [1.54, 1.807) is 31.6 Å². The fourth-order valence-corrected chi connectivity index (χ4v) is 2.06. The van der Waals surface area contributed by atoms with E-state index in [0.29, 0.717) is 24.3 Å². The molecule has 2 aromatic rings. The van der Waals surface area contributed by atoms with Crippen LogP contribution in [0.15, 0.2) is 11.6 Å². The molecule has 0 saturated carbocycles. The monoisotopic (exact) mass is 266 g/mol. The van der Waals surface area contributed by atoms with E-state index in [-0.39, 0.29) is 0 Å². The van der Waals surface area contributed by atoms with Crippen molar-refractivity contribution in [2.45, 2.75) is 13.5 Å². The van der Waals surface area contributed by atoms with Gasteiger partial charge in [-0.05, 0) is 6.92 Å². The lowest BCUT2D eigenvalue weighted by Gasteiger charge is -2.07. The van der Waals surface area contributed by atoms with Crippen LogP contribution in [0.25, 0.3) is 0 Å². The summed E-state index contributed by atoms with van der Waals surface area (Å²) in [6, 6.07) is 1.63. The molecule has 96 valence electrons. The highest BCUT2D eigenvalue weighted by Gasteiger charge is 2.06. The minimum Gasteiger partial charge on any atom is -0.481 e. The molecule has 0 fully saturated rings. The van der Waals surface area contributed by atoms with Crippen molar-refractivity contribution in [3.63, 3.8) is 0 Å². The number of nitrogens with one attached hydrogen (secondary N) is 1. The van der Waals surface area contributed by atoms with E-state index in [9.17, 15) is 0 Å². The van der Waals surface area contributed by atoms with Crippen LogP contribution < -0.4 is 14.8 Å². The molecule has 0 aliphatic rings. The van der Waals surface area contributed by atoms with Crippen LogP contribution in [0.5, 0.6) is 11.8 Å². The van der Waals surface area contributed by atoms with Gasteiger partial charge in [0, 0.05) is 4.88 Å². The summed E-state index contributed by atoms with van der Waals surface area (Å²) in [5, 5.41) is 3.13. The molecule has 7 heteroatoms. The van der Waals surface area contributed by atoms with Crippen molar-refractivity contribution in [2.24, 2.45) is 0 Å². The first-order valence-electron chi connectivity index (χ1n) is 5.33. The zero-order chi connectivity index (χ0) is 13.0. The van der Waals surface area contributed by atoms with Crippen LogP contribution in [0.4, 0.5) is 5.95 Å². The second-order valence-corrected chi connectivity index (χ2v) is 4.43. The summed E-state index contributed by atoms with van der Waals surface area (Å²) in [6.07, 6.45) is 0. The number of hydrogen-bond acceptors (Lipinski definition) is 7. The van der Waals surface area contributed by atoms with E-state index < -0.39 is 0 Å². The fraction of sp³-hybridized carbons (Fsp3) is 0.364. The summed E-state index contributed by atoms with van der Waals surface area (Å²) in [5.74, 6) is 1.40. The molecule has 0 bridgehead atoms. The second-order valence-electron chi connectivity index (χ2n) is 3.49. The predicted octanol–water partition coefficient (Wildman–Crippen LogP) is 1.87.